The fraction of sp³-hybridized carbons (Fsp3) is 0.192. The maximum absolute atomic E-state index is 13.8. The highest BCUT2D eigenvalue weighted by Crippen LogP contribution is 2.53. The van der Waals surface area contributed by atoms with Gasteiger partial charge in [0.25, 0.3) is 0 Å². The minimum atomic E-state index is -0.838. The number of carbonyl (C=O) groups is 3. The number of imide groups is 1. The number of ketones is 1. The van der Waals surface area contributed by atoms with Gasteiger partial charge in [-0.05, 0) is 53.6 Å². The van der Waals surface area contributed by atoms with Crippen molar-refractivity contribution in [2.75, 3.05) is 12.0 Å². The molecule has 33 heavy (non-hydrogen) atoms. The summed E-state index contributed by atoms with van der Waals surface area (Å²) >= 11 is 0. The van der Waals surface area contributed by atoms with Crippen molar-refractivity contribution >= 4 is 29.4 Å². The lowest BCUT2D eigenvalue weighted by atomic mass is 9.84. The molecule has 1 unspecified atom stereocenters. The lowest BCUT2D eigenvalue weighted by Gasteiger charge is -2.35. The van der Waals surface area contributed by atoms with Gasteiger partial charge in [0.15, 0.2) is 5.76 Å². The SMILES string of the molecule is COc1ccc(N2C(=O)[C@@H]3[C@H](C2=O)C2c4ccccc4C=CN2[C@@H]3C(=O)c2ccco2)cc1. The van der Waals surface area contributed by atoms with Crippen LogP contribution in [0.4, 0.5) is 5.69 Å². The van der Waals surface area contributed by atoms with Crippen molar-refractivity contribution < 1.29 is 23.5 Å². The Morgan fingerprint density at radius 2 is 1.70 bits per heavy atom. The monoisotopic (exact) mass is 440 g/mol. The van der Waals surface area contributed by atoms with Gasteiger partial charge in [-0.1, -0.05) is 24.3 Å². The average Bonchev–Trinajstić information content (AvgIpc) is 3.55. The normalized spacial score (nSPS) is 25.1. The molecule has 4 atom stereocenters. The van der Waals surface area contributed by atoms with E-state index in [0.717, 1.165) is 11.1 Å². The van der Waals surface area contributed by atoms with E-state index < -0.39 is 23.9 Å². The Morgan fingerprint density at radius 1 is 0.939 bits per heavy atom. The average molecular weight is 440 g/mol. The van der Waals surface area contributed by atoms with E-state index in [1.165, 1.54) is 11.2 Å². The van der Waals surface area contributed by atoms with E-state index in [2.05, 4.69) is 0 Å². The minimum absolute atomic E-state index is 0.176. The van der Waals surface area contributed by atoms with E-state index in [4.69, 9.17) is 9.15 Å². The minimum Gasteiger partial charge on any atom is -0.497 e. The molecule has 0 saturated carbocycles. The second-order valence-corrected chi connectivity index (χ2v) is 8.38. The number of ether oxygens (including phenoxy) is 1. The first kappa shape index (κ1) is 19.5. The van der Waals surface area contributed by atoms with Gasteiger partial charge in [-0.3, -0.25) is 14.4 Å². The fourth-order valence-corrected chi connectivity index (χ4v) is 5.41. The molecule has 2 amide bonds. The molecule has 0 radical (unpaired) electrons. The molecule has 3 aliphatic heterocycles. The van der Waals surface area contributed by atoms with Gasteiger partial charge in [0.2, 0.25) is 17.6 Å². The van der Waals surface area contributed by atoms with E-state index in [1.54, 1.807) is 43.5 Å². The van der Waals surface area contributed by atoms with Crippen LogP contribution in [0.5, 0.6) is 5.75 Å². The summed E-state index contributed by atoms with van der Waals surface area (Å²) < 4.78 is 10.6. The number of amides is 2. The zero-order chi connectivity index (χ0) is 22.7. The van der Waals surface area contributed by atoms with Crippen LogP contribution in [-0.2, 0) is 9.59 Å². The van der Waals surface area contributed by atoms with Crippen molar-refractivity contribution in [3.63, 3.8) is 0 Å². The van der Waals surface area contributed by atoms with Gasteiger partial charge in [0.1, 0.15) is 11.8 Å². The van der Waals surface area contributed by atoms with Crippen LogP contribution < -0.4 is 9.64 Å². The van der Waals surface area contributed by atoms with Crippen molar-refractivity contribution in [3.05, 3.63) is 90.0 Å². The second kappa shape index (κ2) is 7.20. The number of methoxy groups -OCH3 is 1. The molecule has 0 N–H and O–H groups in total. The fourth-order valence-electron chi connectivity index (χ4n) is 5.41. The molecule has 4 heterocycles. The number of fused-ring (bicyclic) bond motifs is 5. The standard InChI is InChI=1S/C26H20N2O5/c1-32-17-10-8-16(9-11-17)28-25(30)20-21(26(28)31)23(24(29)19-7-4-14-33-19)27-13-12-15-5-2-3-6-18(15)22(20)27/h2-14,20-23H,1H3/t20-,21+,22?,23-/m0/s1. The highest BCUT2D eigenvalue weighted by molar-refractivity contribution is 6.24. The molecule has 2 aromatic carbocycles. The van der Waals surface area contributed by atoms with Crippen LogP contribution in [-0.4, -0.2) is 35.6 Å². The number of nitrogens with zero attached hydrogens (tertiary/aromatic N) is 2. The molecule has 0 spiro atoms. The van der Waals surface area contributed by atoms with Gasteiger partial charge in [-0.2, -0.15) is 0 Å². The Balaban J connectivity index is 1.48. The van der Waals surface area contributed by atoms with Gasteiger partial charge >= 0.3 is 0 Å². The maximum Gasteiger partial charge on any atom is 0.240 e. The van der Waals surface area contributed by atoms with E-state index in [0.29, 0.717) is 11.4 Å². The number of hydrogen-bond acceptors (Lipinski definition) is 6. The lowest BCUT2D eigenvalue weighted by molar-refractivity contribution is -0.123. The molecular weight excluding hydrogens is 420 g/mol. The van der Waals surface area contributed by atoms with Crippen molar-refractivity contribution in [1.29, 1.82) is 0 Å². The molecule has 3 aliphatic rings. The molecule has 2 saturated heterocycles. The number of Topliss-reactive ketones (excluding diaryl/α,β-unsaturated/α-hetero) is 1. The van der Waals surface area contributed by atoms with Crippen molar-refractivity contribution in [3.8, 4) is 5.75 Å². The van der Waals surface area contributed by atoms with Gasteiger partial charge in [-0.15, -0.1) is 0 Å². The summed E-state index contributed by atoms with van der Waals surface area (Å²) in [4.78, 5) is 44.1. The molecular formula is C26H20N2O5. The third kappa shape index (κ3) is 2.72. The Hall–Kier alpha value is -4.13. The Morgan fingerprint density at radius 3 is 2.42 bits per heavy atom. The summed E-state index contributed by atoms with van der Waals surface area (Å²) in [5.74, 6) is -1.69. The summed E-state index contributed by atoms with van der Waals surface area (Å²) in [7, 11) is 1.55. The number of carbonyl (C=O) groups excluding carboxylic acids is 3. The predicted octanol–water partition coefficient (Wildman–Crippen LogP) is 3.69. The number of anilines is 1. The van der Waals surface area contributed by atoms with Crippen molar-refractivity contribution in [2.24, 2.45) is 11.8 Å². The summed E-state index contributed by atoms with van der Waals surface area (Å²) in [6.07, 6.45) is 5.18. The zero-order valence-corrected chi connectivity index (χ0v) is 17.8. The highest BCUT2D eigenvalue weighted by atomic mass is 16.5. The maximum atomic E-state index is 13.8. The highest BCUT2D eigenvalue weighted by Gasteiger charge is 2.64. The molecule has 0 bridgehead atoms. The molecule has 1 aromatic heterocycles. The van der Waals surface area contributed by atoms with Gasteiger partial charge in [-0.25, -0.2) is 4.90 Å². The topological polar surface area (TPSA) is 80.1 Å². The first-order valence-corrected chi connectivity index (χ1v) is 10.7. The Labute approximate surface area is 189 Å². The molecule has 3 aromatic rings. The zero-order valence-electron chi connectivity index (χ0n) is 17.8. The van der Waals surface area contributed by atoms with E-state index in [9.17, 15) is 14.4 Å². The van der Waals surface area contributed by atoms with E-state index in [1.807, 2.05) is 41.4 Å². The van der Waals surface area contributed by atoms with Gasteiger partial charge < -0.3 is 14.1 Å². The summed E-state index contributed by atoms with van der Waals surface area (Å²) in [6, 6.07) is 16.5. The molecule has 2 fully saturated rings. The summed E-state index contributed by atoms with van der Waals surface area (Å²) in [6.45, 7) is 0. The largest absolute Gasteiger partial charge is 0.497 e. The van der Waals surface area contributed by atoms with Gasteiger partial charge in [0, 0.05) is 6.20 Å². The van der Waals surface area contributed by atoms with Crippen LogP contribution in [0.2, 0.25) is 0 Å². The first-order valence-electron chi connectivity index (χ1n) is 10.7. The van der Waals surface area contributed by atoms with Gasteiger partial charge in [0.05, 0.1) is 36.9 Å². The Kier molecular flexibility index (Phi) is 4.26. The van der Waals surface area contributed by atoms with E-state index in [-0.39, 0.29) is 23.4 Å². The first-order chi connectivity index (χ1) is 16.1. The lowest BCUT2D eigenvalue weighted by Crippen LogP contribution is -2.44. The molecule has 7 nitrogen and oxygen atoms in total. The number of benzene rings is 2. The molecule has 7 heteroatoms. The van der Waals surface area contributed by atoms with Crippen LogP contribution >= 0.6 is 0 Å². The van der Waals surface area contributed by atoms with Crippen LogP contribution in [0.3, 0.4) is 0 Å². The van der Waals surface area contributed by atoms with E-state index >= 15 is 0 Å². The second-order valence-electron chi connectivity index (χ2n) is 8.38. The van der Waals surface area contributed by atoms with Crippen LogP contribution in [0.15, 0.2) is 77.5 Å². The predicted molar refractivity (Wildman–Crippen MR) is 119 cm³/mol. The number of rotatable bonds is 4. The van der Waals surface area contributed by atoms with Crippen molar-refractivity contribution in [1.82, 2.24) is 4.90 Å². The summed E-state index contributed by atoms with van der Waals surface area (Å²) in [5.41, 5.74) is 2.38. The smallest absolute Gasteiger partial charge is 0.240 e. The summed E-state index contributed by atoms with van der Waals surface area (Å²) in [5, 5.41) is 0. The third-order valence-electron chi connectivity index (χ3n) is 6.82. The van der Waals surface area contributed by atoms with Crippen molar-refractivity contribution in [2.45, 2.75) is 12.1 Å². The van der Waals surface area contributed by atoms with Crippen LogP contribution in [0.25, 0.3) is 6.08 Å². The van der Waals surface area contributed by atoms with Crippen LogP contribution in [0, 0.1) is 11.8 Å². The third-order valence-corrected chi connectivity index (χ3v) is 6.82. The van der Waals surface area contributed by atoms with Crippen LogP contribution in [0.1, 0.15) is 27.7 Å². The Bertz CT molecular complexity index is 1290. The molecule has 0 aliphatic carbocycles. The number of furan rings is 1. The molecule has 6 rings (SSSR count). The molecule has 164 valence electrons. The number of hydrogen-bond donors (Lipinski definition) is 0. The quantitative estimate of drug-likeness (QED) is 0.455.